The Morgan fingerprint density at radius 2 is 1.46 bits per heavy atom. The fraction of sp³-hybridized carbons (Fsp3) is 0.312. The molecule has 6 aliphatic carbocycles. The summed E-state index contributed by atoms with van der Waals surface area (Å²) in [5, 5.41) is 3.80. The first kappa shape index (κ1) is 42.4. The first-order chi connectivity index (χ1) is 34.1. The number of furan rings is 1. The molecule has 0 spiro atoms. The van der Waals surface area contributed by atoms with E-state index in [-0.39, 0.29) is 23.9 Å². The molecule has 0 bridgehead atoms. The van der Waals surface area contributed by atoms with Gasteiger partial charge in [0.25, 0.3) is 0 Å². The van der Waals surface area contributed by atoms with Crippen LogP contribution in [0.1, 0.15) is 118 Å². The third-order valence-corrected chi connectivity index (χ3v) is 16.5. The number of allylic oxidation sites excluding steroid dienone is 13. The van der Waals surface area contributed by atoms with Gasteiger partial charge >= 0.3 is 0 Å². The van der Waals surface area contributed by atoms with Crippen LogP contribution in [0.3, 0.4) is 0 Å². The summed E-state index contributed by atoms with van der Waals surface area (Å²) in [5.74, 6) is 3.46. The molecule has 0 fully saturated rings. The van der Waals surface area contributed by atoms with Gasteiger partial charge in [0.2, 0.25) is 0 Å². The van der Waals surface area contributed by atoms with E-state index in [9.17, 15) is 0 Å². The zero-order chi connectivity index (χ0) is 45.8. The lowest BCUT2D eigenvalue weighted by Gasteiger charge is -2.40. The van der Waals surface area contributed by atoms with Gasteiger partial charge in [-0.25, -0.2) is 9.98 Å². The van der Waals surface area contributed by atoms with Crippen LogP contribution in [0, 0.1) is 17.8 Å². The molecule has 7 aliphatic rings. The highest BCUT2D eigenvalue weighted by Crippen LogP contribution is 2.48. The Kier molecular flexibility index (Phi) is 11.0. The second kappa shape index (κ2) is 18.0. The molecule has 0 radical (unpaired) electrons. The van der Waals surface area contributed by atoms with Crippen molar-refractivity contribution >= 4 is 56.1 Å². The fourth-order valence-electron chi connectivity index (χ4n) is 12.9. The summed E-state index contributed by atoms with van der Waals surface area (Å²) in [6.45, 7) is 0. The van der Waals surface area contributed by atoms with Crippen LogP contribution in [0.25, 0.3) is 44.4 Å². The maximum Gasteiger partial charge on any atom is 0.154 e. The molecule has 3 heterocycles. The van der Waals surface area contributed by atoms with Crippen molar-refractivity contribution in [3.63, 3.8) is 0 Å². The number of rotatable bonds is 8. The van der Waals surface area contributed by atoms with E-state index >= 15 is 0 Å². The molecular weight excluding hydrogens is 841 g/mol. The number of hydrogen-bond acceptors (Lipinski definition) is 4. The summed E-state index contributed by atoms with van der Waals surface area (Å²) >= 11 is 0. The molecule has 0 amide bonds. The van der Waals surface area contributed by atoms with Crippen molar-refractivity contribution in [2.75, 3.05) is 7.05 Å². The Morgan fingerprint density at radius 3 is 2.26 bits per heavy atom. The van der Waals surface area contributed by atoms with Crippen molar-refractivity contribution < 1.29 is 4.42 Å². The fourth-order valence-corrected chi connectivity index (χ4v) is 12.9. The van der Waals surface area contributed by atoms with Gasteiger partial charge in [-0.1, -0.05) is 145 Å². The number of nitrogens with zero attached hydrogens (tertiary/aromatic N) is 4. The van der Waals surface area contributed by atoms with Crippen LogP contribution in [-0.2, 0) is 6.42 Å². The number of para-hydroxylation sites is 1. The molecule has 0 saturated carbocycles. The molecule has 1 aliphatic heterocycles. The van der Waals surface area contributed by atoms with Crippen LogP contribution in [0.15, 0.2) is 194 Å². The van der Waals surface area contributed by atoms with Crippen LogP contribution in [0.2, 0.25) is 0 Å². The normalized spacial score (nSPS) is 25.1. The number of aryl methyl sites for hydroxylation is 1. The van der Waals surface area contributed by atoms with Crippen LogP contribution in [0.5, 0.6) is 0 Å². The third kappa shape index (κ3) is 7.70. The molecule has 6 aromatic rings. The molecule has 2 aromatic heterocycles. The lowest BCUT2D eigenvalue weighted by molar-refractivity contribution is 0.358. The molecule has 344 valence electrons. The second-order valence-electron chi connectivity index (χ2n) is 20.6. The number of amidine groups is 2. The zero-order valence-corrected chi connectivity index (χ0v) is 40.0. The summed E-state index contributed by atoms with van der Waals surface area (Å²) < 4.78 is 9.49. The average molecular weight is 903 g/mol. The largest absolute Gasteiger partial charge is 0.460 e. The monoisotopic (exact) mass is 902 g/mol. The Labute approximate surface area is 407 Å². The lowest BCUT2D eigenvalue weighted by atomic mass is 9.70. The Bertz CT molecular complexity index is 3320. The quantitative estimate of drug-likeness (QED) is 0.143. The molecule has 69 heavy (non-hydrogen) atoms. The summed E-state index contributed by atoms with van der Waals surface area (Å²) in [6.07, 6.45) is 40.5. The molecular formula is C64H62N4O. The molecule has 5 atom stereocenters. The summed E-state index contributed by atoms with van der Waals surface area (Å²) in [4.78, 5) is 13.6. The van der Waals surface area contributed by atoms with Crippen LogP contribution in [0.4, 0.5) is 0 Å². The van der Waals surface area contributed by atoms with E-state index in [1.807, 2.05) is 0 Å². The molecule has 0 saturated heterocycles. The van der Waals surface area contributed by atoms with E-state index in [4.69, 9.17) is 14.4 Å². The summed E-state index contributed by atoms with van der Waals surface area (Å²) in [5.41, 5.74) is 15.9. The first-order valence-electron chi connectivity index (χ1n) is 26.2. The minimum atomic E-state index is -0.167. The topological polar surface area (TPSA) is 46.0 Å². The van der Waals surface area contributed by atoms with E-state index in [0.717, 1.165) is 68.0 Å². The number of aliphatic imine (C=N–C) groups is 2. The number of fused-ring (bicyclic) bond motifs is 6. The van der Waals surface area contributed by atoms with Crippen molar-refractivity contribution in [1.82, 2.24) is 9.47 Å². The van der Waals surface area contributed by atoms with E-state index in [1.54, 1.807) is 5.57 Å². The number of hydrogen-bond donors (Lipinski definition) is 0. The van der Waals surface area contributed by atoms with Gasteiger partial charge in [-0.3, -0.25) is 0 Å². The maximum atomic E-state index is 6.88. The minimum absolute atomic E-state index is 0.00512. The van der Waals surface area contributed by atoms with E-state index in [2.05, 4.69) is 174 Å². The smallest absolute Gasteiger partial charge is 0.154 e. The zero-order valence-electron chi connectivity index (χ0n) is 40.0. The standard InChI is InChI=1S/C64H62N4O/c1-67-63(45-25-13-5-14-26-45)65-62(44-23-11-4-12-24-44)66-64(67)57-39-48(53-37-46(42-19-7-2-8-20-42)31-34-50(53)43-21-9-3-10-22-43)32-35-51(57)47-33-36-60-55(38-47)56-40-59-54(41-61(56)69-60)52-29-17-18-30-58(52)68(59)49-27-15-6-16-28-49/h3,5,9-10,13-15,17-19,21-23,25-27,29-32,34-35,38-41,49,51,53,57,63H,2,4,6-8,11-12,16,20,24,28,33,36-37H2,1H3/t49?,51?,53-,57?,63?/m0/s1. The lowest BCUT2D eigenvalue weighted by Crippen LogP contribution is -2.42. The van der Waals surface area contributed by atoms with Gasteiger partial charge in [-0.2, -0.15) is 0 Å². The Hall–Kier alpha value is -6.72. The summed E-state index contributed by atoms with van der Waals surface area (Å²) in [7, 11) is 2.24. The molecule has 0 N–H and O–H groups in total. The van der Waals surface area contributed by atoms with Gasteiger partial charge in [0, 0.05) is 58.5 Å². The van der Waals surface area contributed by atoms with Crippen LogP contribution < -0.4 is 0 Å². The SMILES string of the molecule is CN1C(C2C=C([C@@H]3CC(C4=CCCCC4)=CC=C3c3ccccc3)C=CC2C2=Cc3c(oc4cc5c6ccccc6n(C6C=CCCC6)c5cc34)CC2)=NC(C2=CCCCC2)=NC1c1ccccc1. The van der Waals surface area contributed by atoms with E-state index in [0.29, 0.717) is 6.04 Å². The van der Waals surface area contributed by atoms with Crippen molar-refractivity contribution in [3.05, 3.63) is 202 Å². The van der Waals surface area contributed by atoms with Gasteiger partial charge in [-0.05, 0) is 141 Å². The van der Waals surface area contributed by atoms with Crippen LogP contribution >= 0.6 is 0 Å². The molecule has 5 heteroatoms. The molecule has 13 rings (SSSR count). The van der Waals surface area contributed by atoms with Gasteiger partial charge in [-0.15, -0.1) is 0 Å². The van der Waals surface area contributed by atoms with E-state index in [1.165, 1.54) is 117 Å². The highest BCUT2D eigenvalue weighted by atomic mass is 16.3. The summed E-state index contributed by atoms with van der Waals surface area (Å²) in [6, 6.07) is 36.1. The van der Waals surface area contributed by atoms with Crippen molar-refractivity contribution in [2.24, 2.45) is 27.7 Å². The predicted molar refractivity (Wildman–Crippen MR) is 287 cm³/mol. The van der Waals surface area contributed by atoms with E-state index < -0.39 is 0 Å². The van der Waals surface area contributed by atoms with Gasteiger partial charge < -0.3 is 13.9 Å². The van der Waals surface area contributed by atoms with Gasteiger partial charge in [0.1, 0.15) is 23.3 Å². The molecule has 5 nitrogen and oxygen atoms in total. The Morgan fingerprint density at radius 1 is 0.667 bits per heavy atom. The van der Waals surface area contributed by atoms with Crippen molar-refractivity contribution in [2.45, 2.75) is 102 Å². The molecule has 4 aromatic carbocycles. The number of aromatic nitrogens is 1. The van der Waals surface area contributed by atoms with Crippen molar-refractivity contribution in [3.8, 4) is 0 Å². The van der Waals surface area contributed by atoms with Crippen LogP contribution in [-0.4, -0.2) is 28.2 Å². The Balaban J connectivity index is 0.959. The van der Waals surface area contributed by atoms with Gasteiger partial charge in [0.05, 0.1) is 11.6 Å². The highest BCUT2D eigenvalue weighted by Gasteiger charge is 2.39. The maximum absolute atomic E-state index is 6.88. The number of benzene rings is 4. The predicted octanol–water partition coefficient (Wildman–Crippen LogP) is 16.4. The first-order valence-corrected chi connectivity index (χ1v) is 26.2. The minimum Gasteiger partial charge on any atom is -0.460 e. The highest BCUT2D eigenvalue weighted by molar-refractivity contribution is 6.13. The average Bonchev–Trinajstić information content (AvgIpc) is 3.95. The third-order valence-electron chi connectivity index (χ3n) is 16.5. The van der Waals surface area contributed by atoms with Crippen molar-refractivity contribution in [1.29, 1.82) is 0 Å². The van der Waals surface area contributed by atoms with Gasteiger partial charge in [0.15, 0.2) is 5.84 Å². The molecule has 4 unspecified atom stereocenters. The second-order valence-corrected chi connectivity index (χ2v) is 20.6.